The maximum atomic E-state index is 12.9. The first-order chi connectivity index (χ1) is 11.7. The van der Waals surface area contributed by atoms with E-state index >= 15 is 0 Å². The summed E-state index contributed by atoms with van der Waals surface area (Å²) in [5, 5.41) is 22.0. The largest absolute Gasteiger partial charge is 0.274 e. The summed E-state index contributed by atoms with van der Waals surface area (Å²) in [6.45, 7) is 3.04. The van der Waals surface area contributed by atoms with E-state index in [0.717, 1.165) is 10.4 Å². The Morgan fingerprint density at radius 2 is 1.68 bits per heavy atom. The average molecular weight is 365 g/mol. The van der Waals surface area contributed by atoms with E-state index in [-0.39, 0.29) is 34.1 Å². The number of hydrogen-bond acceptors (Lipinski definition) is 6. The molecule has 0 N–H and O–H groups in total. The van der Waals surface area contributed by atoms with Gasteiger partial charge in [-0.15, -0.1) is 0 Å². The first-order valence-electron chi connectivity index (χ1n) is 7.21. The Balaban J connectivity index is 2.61. The number of anilines is 1. The van der Waals surface area contributed by atoms with Gasteiger partial charge >= 0.3 is 0 Å². The van der Waals surface area contributed by atoms with E-state index in [9.17, 15) is 28.6 Å². The molecule has 2 rings (SSSR count). The van der Waals surface area contributed by atoms with Crippen LogP contribution in [0.25, 0.3) is 0 Å². The van der Waals surface area contributed by atoms with Gasteiger partial charge in [0.1, 0.15) is 0 Å². The highest BCUT2D eigenvalue weighted by Crippen LogP contribution is 2.32. The van der Waals surface area contributed by atoms with E-state index in [1.54, 1.807) is 6.92 Å². The van der Waals surface area contributed by atoms with Crippen LogP contribution in [0.5, 0.6) is 0 Å². The predicted molar refractivity (Wildman–Crippen MR) is 91.1 cm³/mol. The van der Waals surface area contributed by atoms with Crippen LogP contribution in [0.4, 0.5) is 17.1 Å². The molecule has 2 aromatic rings. The summed E-state index contributed by atoms with van der Waals surface area (Å²) in [6, 6.07) is 8.81. The van der Waals surface area contributed by atoms with Crippen molar-refractivity contribution in [2.75, 3.05) is 10.8 Å². The van der Waals surface area contributed by atoms with Crippen LogP contribution in [0.1, 0.15) is 12.5 Å². The molecule has 0 saturated heterocycles. The smallest absolute Gasteiger partial charge is 0.266 e. The van der Waals surface area contributed by atoms with E-state index in [2.05, 4.69) is 0 Å². The summed E-state index contributed by atoms with van der Waals surface area (Å²) < 4.78 is 26.8. The molecule has 0 heterocycles. The van der Waals surface area contributed by atoms with Gasteiger partial charge in [-0.3, -0.25) is 24.5 Å². The van der Waals surface area contributed by atoms with Gasteiger partial charge in [0.15, 0.2) is 0 Å². The van der Waals surface area contributed by atoms with Crippen LogP contribution < -0.4 is 4.31 Å². The Bertz CT molecular complexity index is 942. The van der Waals surface area contributed by atoms with Gasteiger partial charge in [-0.1, -0.05) is 12.1 Å². The molecule has 0 radical (unpaired) electrons. The third-order valence-corrected chi connectivity index (χ3v) is 5.53. The number of nitro benzene ring substituents is 2. The molecule has 132 valence electrons. The third-order valence-electron chi connectivity index (χ3n) is 3.65. The fourth-order valence-corrected chi connectivity index (χ4v) is 4.01. The second kappa shape index (κ2) is 6.85. The van der Waals surface area contributed by atoms with E-state index in [1.165, 1.54) is 43.3 Å². The van der Waals surface area contributed by atoms with Crippen molar-refractivity contribution < 1.29 is 18.3 Å². The lowest BCUT2D eigenvalue weighted by Crippen LogP contribution is -2.31. The zero-order valence-corrected chi connectivity index (χ0v) is 14.3. The lowest BCUT2D eigenvalue weighted by atomic mass is 10.1. The highest BCUT2D eigenvalue weighted by molar-refractivity contribution is 7.92. The van der Waals surface area contributed by atoms with Gasteiger partial charge in [0.2, 0.25) is 0 Å². The number of sulfonamides is 1. The number of benzene rings is 2. The second-order valence-corrected chi connectivity index (χ2v) is 6.96. The molecule has 0 atom stereocenters. The Kier molecular flexibility index (Phi) is 5.02. The van der Waals surface area contributed by atoms with Crippen LogP contribution in [0.3, 0.4) is 0 Å². The lowest BCUT2D eigenvalue weighted by molar-refractivity contribution is -0.385. The zero-order chi connectivity index (χ0) is 18.8. The van der Waals surface area contributed by atoms with E-state index in [1.807, 2.05) is 0 Å². The Morgan fingerprint density at radius 3 is 2.24 bits per heavy atom. The molecule has 9 nitrogen and oxygen atoms in total. The van der Waals surface area contributed by atoms with Crippen molar-refractivity contribution in [3.63, 3.8) is 0 Å². The summed E-state index contributed by atoms with van der Waals surface area (Å²) in [4.78, 5) is 20.4. The SMILES string of the molecule is CCN(c1cccc([N+](=O)[O-])c1C)S(=O)(=O)c1cccc([N+](=O)[O-])c1. The van der Waals surface area contributed by atoms with Gasteiger partial charge < -0.3 is 0 Å². The van der Waals surface area contributed by atoms with Crippen LogP contribution in [0.2, 0.25) is 0 Å². The monoisotopic (exact) mass is 365 g/mol. The molecule has 0 bridgehead atoms. The van der Waals surface area contributed by atoms with Crippen molar-refractivity contribution in [2.45, 2.75) is 18.7 Å². The summed E-state index contributed by atoms with van der Waals surface area (Å²) in [5.74, 6) is 0. The molecule has 0 fully saturated rings. The summed E-state index contributed by atoms with van der Waals surface area (Å²) in [6.07, 6.45) is 0. The minimum absolute atomic E-state index is 0.00698. The van der Waals surface area contributed by atoms with Gasteiger partial charge in [-0.05, 0) is 26.0 Å². The Morgan fingerprint density at radius 1 is 1.04 bits per heavy atom. The molecule has 0 aliphatic rings. The van der Waals surface area contributed by atoms with E-state index < -0.39 is 19.9 Å². The number of nitrogens with zero attached hydrogens (tertiary/aromatic N) is 3. The quantitative estimate of drug-likeness (QED) is 0.572. The first-order valence-corrected chi connectivity index (χ1v) is 8.65. The van der Waals surface area contributed by atoms with Gasteiger partial charge in [0.25, 0.3) is 21.4 Å². The molecule has 0 unspecified atom stereocenters. The van der Waals surface area contributed by atoms with Crippen LogP contribution in [-0.2, 0) is 10.0 Å². The molecule has 25 heavy (non-hydrogen) atoms. The fraction of sp³-hybridized carbons (Fsp3) is 0.200. The second-order valence-electron chi connectivity index (χ2n) is 5.10. The van der Waals surface area contributed by atoms with Gasteiger partial charge in [-0.2, -0.15) is 0 Å². The molecule has 2 aromatic carbocycles. The summed E-state index contributed by atoms with van der Waals surface area (Å²) in [5.41, 5.74) is -0.204. The molecular weight excluding hydrogens is 350 g/mol. The number of non-ortho nitro benzene ring substituents is 1. The highest BCUT2D eigenvalue weighted by Gasteiger charge is 2.28. The normalized spacial score (nSPS) is 11.1. The number of nitro groups is 2. The van der Waals surface area contributed by atoms with E-state index in [4.69, 9.17) is 0 Å². The Hall–Kier alpha value is -3.01. The maximum absolute atomic E-state index is 12.9. The predicted octanol–water partition coefficient (Wildman–Crippen LogP) is 3.03. The maximum Gasteiger partial charge on any atom is 0.274 e. The van der Waals surface area contributed by atoms with Gasteiger partial charge in [0.05, 0.1) is 26.0 Å². The van der Waals surface area contributed by atoms with Crippen LogP contribution in [0, 0.1) is 27.2 Å². The highest BCUT2D eigenvalue weighted by atomic mass is 32.2. The van der Waals surface area contributed by atoms with Crippen molar-refractivity contribution in [1.29, 1.82) is 0 Å². The molecule has 0 aliphatic heterocycles. The zero-order valence-electron chi connectivity index (χ0n) is 13.4. The lowest BCUT2D eigenvalue weighted by Gasteiger charge is -2.24. The topological polar surface area (TPSA) is 124 Å². The van der Waals surface area contributed by atoms with Gasteiger partial charge in [-0.25, -0.2) is 8.42 Å². The molecule has 0 aromatic heterocycles. The van der Waals surface area contributed by atoms with Crippen molar-refractivity contribution in [3.8, 4) is 0 Å². The van der Waals surface area contributed by atoms with Crippen molar-refractivity contribution in [2.24, 2.45) is 0 Å². The number of hydrogen-bond donors (Lipinski definition) is 0. The van der Waals surface area contributed by atoms with Crippen molar-refractivity contribution >= 4 is 27.1 Å². The average Bonchev–Trinajstić information content (AvgIpc) is 2.56. The number of rotatable bonds is 6. The standard InChI is InChI=1S/C15H15N3O6S/c1-3-16(14-8-5-9-15(11(14)2)18(21)22)25(23,24)13-7-4-6-12(10-13)17(19)20/h4-10H,3H2,1-2H3. The minimum Gasteiger partial charge on any atom is -0.266 e. The third kappa shape index (κ3) is 3.43. The van der Waals surface area contributed by atoms with Crippen LogP contribution in [0.15, 0.2) is 47.4 Å². The molecule has 0 spiro atoms. The van der Waals surface area contributed by atoms with Crippen LogP contribution >= 0.6 is 0 Å². The molecule has 0 amide bonds. The van der Waals surface area contributed by atoms with Crippen molar-refractivity contribution in [3.05, 3.63) is 68.3 Å². The molecular formula is C15H15N3O6S. The first kappa shape index (κ1) is 18.3. The fourth-order valence-electron chi connectivity index (χ4n) is 2.43. The van der Waals surface area contributed by atoms with E-state index in [0.29, 0.717) is 0 Å². The van der Waals surface area contributed by atoms with Gasteiger partial charge in [0, 0.05) is 24.7 Å². The Labute approximate surface area is 143 Å². The van der Waals surface area contributed by atoms with Crippen LogP contribution in [-0.4, -0.2) is 24.8 Å². The molecule has 0 aliphatic carbocycles. The van der Waals surface area contributed by atoms with Crippen molar-refractivity contribution in [1.82, 2.24) is 0 Å². The summed E-state index contributed by atoms with van der Waals surface area (Å²) >= 11 is 0. The summed E-state index contributed by atoms with van der Waals surface area (Å²) in [7, 11) is -4.12. The molecule has 0 saturated carbocycles. The molecule has 10 heteroatoms. The minimum atomic E-state index is -4.12.